The Morgan fingerprint density at radius 2 is 0.565 bits per heavy atom. The van der Waals surface area contributed by atoms with E-state index in [9.17, 15) is 0 Å². The van der Waals surface area contributed by atoms with Crippen LogP contribution in [0, 0.1) is 0 Å². The normalized spacial score (nSPS) is 11.5. The Balaban J connectivity index is 1.16. The molecule has 1 aliphatic carbocycles. The van der Waals surface area contributed by atoms with Crippen LogP contribution in [0.4, 0.5) is 0 Å². The standard InChI is InChI=1S/C46H30/c1-2-13-31(14-3-1)32-15-10-16-33(29-32)36-19-4-6-21-39(36)40-22-7-5-20-37(40)34-17-11-18-35(30-34)38-27-28-45-42-24-9-8-23-41(42)44-26-12-25-43(38)46(44)45/h1-30H. The van der Waals surface area contributed by atoms with Gasteiger partial charge >= 0.3 is 0 Å². The van der Waals surface area contributed by atoms with Gasteiger partial charge in [-0.3, -0.25) is 0 Å². The average molecular weight is 583 g/mol. The van der Waals surface area contributed by atoms with Crippen molar-refractivity contribution in [2.45, 2.75) is 0 Å². The van der Waals surface area contributed by atoms with E-state index in [0.29, 0.717) is 0 Å². The number of fused-ring (bicyclic) bond motifs is 3. The number of hydrogen-bond donors (Lipinski definition) is 0. The molecule has 0 amide bonds. The van der Waals surface area contributed by atoms with Crippen LogP contribution >= 0.6 is 0 Å². The Morgan fingerprint density at radius 1 is 0.196 bits per heavy atom. The van der Waals surface area contributed by atoms with E-state index in [4.69, 9.17) is 0 Å². The Morgan fingerprint density at radius 3 is 1.17 bits per heavy atom. The molecule has 9 rings (SSSR count). The number of hydrogen-bond acceptors (Lipinski definition) is 0. The van der Waals surface area contributed by atoms with E-state index in [1.165, 1.54) is 88.7 Å². The van der Waals surface area contributed by atoms with Crippen LogP contribution in [-0.4, -0.2) is 0 Å². The minimum Gasteiger partial charge on any atom is -0.0622 e. The molecule has 0 radical (unpaired) electrons. The van der Waals surface area contributed by atoms with Gasteiger partial charge in [0, 0.05) is 0 Å². The Hall–Kier alpha value is -5.98. The smallest absolute Gasteiger partial charge is 0.00201 e. The predicted molar refractivity (Wildman–Crippen MR) is 196 cm³/mol. The first-order valence-corrected chi connectivity index (χ1v) is 15.9. The molecule has 0 nitrogen and oxygen atoms in total. The Labute approximate surface area is 269 Å². The van der Waals surface area contributed by atoms with Crippen LogP contribution in [-0.2, 0) is 0 Å². The van der Waals surface area contributed by atoms with Crippen LogP contribution in [0.1, 0.15) is 0 Å². The molecule has 0 bridgehead atoms. The van der Waals surface area contributed by atoms with E-state index < -0.39 is 0 Å². The molecule has 0 aromatic heterocycles. The summed E-state index contributed by atoms with van der Waals surface area (Å²) in [6.45, 7) is 0. The largest absolute Gasteiger partial charge is 0.0622 e. The first-order valence-electron chi connectivity index (χ1n) is 15.9. The highest BCUT2D eigenvalue weighted by molar-refractivity contribution is 6.18. The van der Waals surface area contributed by atoms with Gasteiger partial charge in [-0.15, -0.1) is 0 Å². The minimum absolute atomic E-state index is 1.22. The second-order valence-electron chi connectivity index (χ2n) is 12.1. The molecule has 0 heteroatoms. The summed E-state index contributed by atoms with van der Waals surface area (Å²) in [5.41, 5.74) is 17.6. The average Bonchev–Trinajstić information content (AvgIpc) is 3.47. The summed E-state index contributed by atoms with van der Waals surface area (Å²) >= 11 is 0. The molecule has 8 aromatic rings. The third kappa shape index (κ3) is 4.30. The van der Waals surface area contributed by atoms with E-state index in [-0.39, 0.29) is 0 Å². The molecule has 0 fully saturated rings. The fourth-order valence-corrected chi connectivity index (χ4v) is 7.35. The summed E-state index contributed by atoms with van der Waals surface area (Å²) in [6.07, 6.45) is 0. The predicted octanol–water partition coefficient (Wildman–Crippen LogP) is 12.8. The molecule has 0 heterocycles. The van der Waals surface area contributed by atoms with E-state index in [1.807, 2.05) is 0 Å². The van der Waals surface area contributed by atoms with Crippen molar-refractivity contribution in [2.75, 3.05) is 0 Å². The number of benzene rings is 8. The van der Waals surface area contributed by atoms with Crippen molar-refractivity contribution in [3.05, 3.63) is 182 Å². The third-order valence-electron chi connectivity index (χ3n) is 9.46. The highest BCUT2D eigenvalue weighted by Gasteiger charge is 2.22. The van der Waals surface area contributed by atoms with Crippen LogP contribution < -0.4 is 0 Å². The zero-order chi connectivity index (χ0) is 30.5. The van der Waals surface area contributed by atoms with Gasteiger partial charge in [-0.2, -0.15) is 0 Å². The maximum absolute atomic E-state index is 2.36. The van der Waals surface area contributed by atoms with Gasteiger partial charge in [0.05, 0.1) is 0 Å². The lowest BCUT2D eigenvalue weighted by molar-refractivity contribution is 1.55. The fraction of sp³-hybridized carbons (Fsp3) is 0. The first-order chi connectivity index (χ1) is 22.8. The minimum atomic E-state index is 1.22. The molecule has 0 N–H and O–H groups in total. The number of rotatable bonds is 5. The molecular formula is C46H30. The van der Waals surface area contributed by atoms with Gasteiger partial charge in [-0.1, -0.05) is 170 Å². The molecule has 214 valence electrons. The molecule has 46 heavy (non-hydrogen) atoms. The van der Waals surface area contributed by atoms with Crippen LogP contribution in [0.5, 0.6) is 0 Å². The van der Waals surface area contributed by atoms with Crippen molar-refractivity contribution in [3.63, 3.8) is 0 Å². The van der Waals surface area contributed by atoms with Gasteiger partial charge in [-0.05, 0) is 101 Å². The van der Waals surface area contributed by atoms with Crippen molar-refractivity contribution >= 4 is 10.8 Å². The van der Waals surface area contributed by atoms with Crippen molar-refractivity contribution in [2.24, 2.45) is 0 Å². The van der Waals surface area contributed by atoms with E-state index in [0.717, 1.165) is 0 Å². The topological polar surface area (TPSA) is 0 Å². The zero-order valence-corrected chi connectivity index (χ0v) is 25.3. The molecular weight excluding hydrogens is 553 g/mol. The van der Waals surface area contributed by atoms with E-state index >= 15 is 0 Å². The molecule has 0 saturated heterocycles. The lowest BCUT2D eigenvalue weighted by atomic mass is 9.87. The van der Waals surface area contributed by atoms with Crippen LogP contribution in [0.3, 0.4) is 0 Å². The monoisotopic (exact) mass is 582 g/mol. The highest BCUT2D eigenvalue weighted by Crippen LogP contribution is 2.49. The van der Waals surface area contributed by atoms with Crippen LogP contribution in [0.15, 0.2) is 182 Å². The first kappa shape index (κ1) is 26.4. The van der Waals surface area contributed by atoms with Gasteiger partial charge < -0.3 is 0 Å². The van der Waals surface area contributed by atoms with E-state index in [1.54, 1.807) is 0 Å². The maximum atomic E-state index is 2.36. The summed E-state index contributed by atoms with van der Waals surface area (Å²) < 4.78 is 0. The lowest BCUT2D eigenvalue weighted by Gasteiger charge is -2.16. The lowest BCUT2D eigenvalue weighted by Crippen LogP contribution is -1.90. The fourth-order valence-electron chi connectivity index (χ4n) is 7.35. The Kier molecular flexibility index (Phi) is 6.25. The van der Waals surface area contributed by atoms with Crippen LogP contribution in [0.25, 0.3) is 88.7 Å². The van der Waals surface area contributed by atoms with Gasteiger partial charge in [0.2, 0.25) is 0 Å². The molecule has 1 aliphatic rings. The second kappa shape index (κ2) is 10.9. The molecule has 0 aliphatic heterocycles. The third-order valence-corrected chi connectivity index (χ3v) is 9.46. The summed E-state index contributed by atoms with van der Waals surface area (Å²) in [7, 11) is 0. The summed E-state index contributed by atoms with van der Waals surface area (Å²) in [4.78, 5) is 0. The maximum Gasteiger partial charge on any atom is -0.00201 e. The Bertz CT molecular complexity index is 2380. The summed E-state index contributed by atoms with van der Waals surface area (Å²) in [5, 5.41) is 2.67. The molecule has 0 spiro atoms. The van der Waals surface area contributed by atoms with Gasteiger partial charge in [0.1, 0.15) is 0 Å². The molecule has 0 atom stereocenters. The summed E-state index contributed by atoms with van der Waals surface area (Å²) in [5.74, 6) is 0. The second-order valence-corrected chi connectivity index (χ2v) is 12.1. The molecule has 8 aromatic carbocycles. The van der Waals surface area contributed by atoms with Crippen LogP contribution in [0.2, 0.25) is 0 Å². The van der Waals surface area contributed by atoms with Gasteiger partial charge in [-0.25, -0.2) is 0 Å². The molecule has 0 saturated carbocycles. The van der Waals surface area contributed by atoms with Crippen molar-refractivity contribution < 1.29 is 0 Å². The quantitative estimate of drug-likeness (QED) is 0.189. The highest BCUT2D eigenvalue weighted by atomic mass is 14.3. The van der Waals surface area contributed by atoms with E-state index in [2.05, 4.69) is 182 Å². The van der Waals surface area contributed by atoms with Gasteiger partial charge in [0.25, 0.3) is 0 Å². The summed E-state index contributed by atoms with van der Waals surface area (Å²) in [6, 6.07) is 66.4. The van der Waals surface area contributed by atoms with Crippen molar-refractivity contribution in [1.29, 1.82) is 0 Å². The zero-order valence-electron chi connectivity index (χ0n) is 25.3. The SMILES string of the molecule is c1ccc(-c2cccc(-c3ccccc3-c3ccccc3-c3cccc(-c4ccc5c6c(cccc46)-c4ccccc4-5)c3)c2)cc1. The van der Waals surface area contributed by atoms with Crippen molar-refractivity contribution in [1.82, 2.24) is 0 Å². The molecule has 0 unspecified atom stereocenters. The van der Waals surface area contributed by atoms with Crippen molar-refractivity contribution in [3.8, 4) is 77.9 Å². The van der Waals surface area contributed by atoms with Gasteiger partial charge in [0.15, 0.2) is 0 Å².